The van der Waals surface area contributed by atoms with E-state index in [1.807, 2.05) is 19.1 Å². The molecule has 2 rings (SSSR count). The zero-order chi connectivity index (χ0) is 12.5. The minimum Gasteiger partial charge on any atom is -0.207 e. The lowest BCUT2D eigenvalue weighted by molar-refractivity contribution is 0.281. The maximum atomic E-state index is 12.4. The maximum absolute atomic E-state index is 12.4. The third-order valence-corrected chi connectivity index (χ3v) is 5.16. The number of sulfonamides is 1. The number of piperidine rings is 1. The lowest BCUT2D eigenvalue weighted by Crippen LogP contribution is -2.39. The first-order valence-electron chi connectivity index (χ1n) is 6.07. The van der Waals surface area contributed by atoms with Gasteiger partial charge in [0.2, 0.25) is 10.0 Å². The van der Waals surface area contributed by atoms with Crippen LogP contribution in [0.25, 0.3) is 0 Å². The van der Waals surface area contributed by atoms with E-state index in [2.05, 4.69) is 6.92 Å². The van der Waals surface area contributed by atoms with E-state index in [0.29, 0.717) is 23.9 Å². The molecule has 0 saturated carbocycles. The zero-order valence-corrected chi connectivity index (χ0v) is 11.2. The molecular formula is C13H19NO2S. The Morgan fingerprint density at radius 1 is 1.24 bits per heavy atom. The lowest BCUT2D eigenvalue weighted by atomic mass is 10.0. The summed E-state index contributed by atoms with van der Waals surface area (Å²) in [6.45, 7) is 5.37. The lowest BCUT2D eigenvalue weighted by Gasteiger charge is -2.30. The van der Waals surface area contributed by atoms with Gasteiger partial charge >= 0.3 is 0 Å². The van der Waals surface area contributed by atoms with Gasteiger partial charge in [-0.3, -0.25) is 0 Å². The first kappa shape index (κ1) is 12.6. The monoisotopic (exact) mass is 253 g/mol. The first-order chi connectivity index (χ1) is 8.00. The Hall–Kier alpha value is -0.870. The van der Waals surface area contributed by atoms with Crippen LogP contribution < -0.4 is 0 Å². The van der Waals surface area contributed by atoms with Gasteiger partial charge in [0.05, 0.1) is 4.90 Å². The molecule has 0 N–H and O–H groups in total. The molecular weight excluding hydrogens is 234 g/mol. The van der Waals surface area contributed by atoms with Crippen LogP contribution in [0, 0.1) is 12.8 Å². The average Bonchev–Trinajstić information content (AvgIpc) is 2.29. The fourth-order valence-corrected chi connectivity index (χ4v) is 3.82. The predicted octanol–water partition coefficient (Wildman–Crippen LogP) is 2.42. The molecule has 1 aromatic carbocycles. The largest absolute Gasteiger partial charge is 0.243 e. The molecule has 1 fully saturated rings. The van der Waals surface area contributed by atoms with Crippen molar-refractivity contribution in [1.29, 1.82) is 0 Å². The van der Waals surface area contributed by atoms with Crippen molar-refractivity contribution < 1.29 is 8.42 Å². The summed E-state index contributed by atoms with van der Waals surface area (Å²) in [4.78, 5) is 0.414. The number of hydrogen-bond donors (Lipinski definition) is 0. The molecule has 94 valence electrons. The smallest absolute Gasteiger partial charge is 0.207 e. The molecule has 1 unspecified atom stereocenters. The van der Waals surface area contributed by atoms with E-state index in [-0.39, 0.29) is 0 Å². The first-order valence-corrected chi connectivity index (χ1v) is 7.51. The summed E-state index contributed by atoms with van der Waals surface area (Å²) in [5.41, 5.74) is 1.08. The molecule has 1 saturated heterocycles. The van der Waals surface area contributed by atoms with Gasteiger partial charge in [-0.15, -0.1) is 0 Å². The third kappa shape index (κ3) is 2.69. The summed E-state index contributed by atoms with van der Waals surface area (Å²) in [5.74, 6) is 0.462. The Morgan fingerprint density at radius 3 is 2.47 bits per heavy atom. The van der Waals surface area contributed by atoms with Gasteiger partial charge in [0.25, 0.3) is 0 Å². The van der Waals surface area contributed by atoms with Gasteiger partial charge in [-0.25, -0.2) is 8.42 Å². The van der Waals surface area contributed by atoms with E-state index in [1.165, 1.54) is 0 Å². The summed E-state index contributed by atoms with van der Waals surface area (Å²) in [6, 6.07) is 7.09. The summed E-state index contributed by atoms with van der Waals surface area (Å²) in [6.07, 6.45) is 2.09. The van der Waals surface area contributed by atoms with E-state index in [1.54, 1.807) is 16.4 Å². The number of aryl methyl sites for hydroxylation is 1. The normalized spacial score (nSPS) is 22.6. The molecule has 17 heavy (non-hydrogen) atoms. The van der Waals surface area contributed by atoms with Crippen molar-refractivity contribution >= 4 is 10.0 Å². The van der Waals surface area contributed by atoms with Crippen molar-refractivity contribution in [3.63, 3.8) is 0 Å². The highest BCUT2D eigenvalue weighted by atomic mass is 32.2. The van der Waals surface area contributed by atoms with Gasteiger partial charge in [-0.1, -0.05) is 24.6 Å². The zero-order valence-electron chi connectivity index (χ0n) is 10.4. The van der Waals surface area contributed by atoms with Crippen molar-refractivity contribution in [3.8, 4) is 0 Å². The number of nitrogens with zero attached hydrogens (tertiary/aromatic N) is 1. The molecule has 1 heterocycles. The minimum absolute atomic E-state index is 0.414. The van der Waals surface area contributed by atoms with Crippen LogP contribution in [0.3, 0.4) is 0 Å². The van der Waals surface area contributed by atoms with Crippen LogP contribution in [0.1, 0.15) is 25.3 Å². The van der Waals surface area contributed by atoms with Crippen molar-refractivity contribution in [2.45, 2.75) is 31.6 Å². The van der Waals surface area contributed by atoms with Crippen LogP contribution in [0.4, 0.5) is 0 Å². The van der Waals surface area contributed by atoms with Crippen molar-refractivity contribution in [1.82, 2.24) is 4.31 Å². The SMILES string of the molecule is Cc1ccc(S(=O)(=O)N2CCCC(C)C2)cc1. The summed E-state index contributed by atoms with van der Waals surface area (Å²) >= 11 is 0. The number of rotatable bonds is 2. The molecule has 0 aliphatic carbocycles. The van der Waals surface area contributed by atoms with Crippen LogP contribution in [0.5, 0.6) is 0 Å². The van der Waals surface area contributed by atoms with E-state index in [0.717, 1.165) is 18.4 Å². The Labute approximate surface area is 104 Å². The topological polar surface area (TPSA) is 37.4 Å². The van der Waals surface area contributed by atoms with E-state index in [4.69, 9.17) is 0 Å². The molecule has 1 atom stereocenters. The van der Waals surface area contributed by atoms with Crippen LogP contribution in [0.2, 0.25) is 0 Å². The van der Waals surface area contributed by atoms with Gasteiger partial charge in [0.15, 0.2) is 0 Å². The second kappa shape index (κ2) is 4.78. The summed E-state index contributed by atoms with van der Waals surface area (Å²) in [7, 11) is -3.28. The molecule has 1 aliphatic rings. The summed E-state index contributed by atoms with van der Waals surface area (Å²) in [5, 5.41) is 0. The molecule has 0 radical (unpaired) electrons. The molecule has 0 aromatic heterocycles. The van der Waals surface area contributed by atoms with E-state index < -0.39 is 10.0 Å². The Balaban J connectivity index is 2.26. The molecule has 0 spiro atoms. The highest BCUT2D eigenvalue weighted by molar-refractivity contribution is 7.89. The van der Waals surface area contributed by atoms with Gasteiger partial charge < -0.3 is 0 Å². The predicted molar refractivity (Wildman–Crippen MR) is 68.3 cm³/mol. The quantitative estimate of drug-likeness (QED) is 0.811. The van der Waals surface area contributed by atoms with Crippen LogP contribution in [-0.4, -0.2) is 25.8 Å². The van der Waals surface area contributed by atoms with E-state index >= 15 is 0 Å². The fraction of sp³-hybridized carbons (Fsp3) is 0.538. The second-order valence-corrected chi connectivity index (χ2v) is 6.86. The van der Waals surface area contributed by atoms with Crippen molar-refractivity contribution in [2.75, 3.05) is 13.1 Å². The average molecular weight is 253 g/mol. The molecule has 0 amide bonds. The molecule has 3 nitrogen and oxygen atoms in total. The highest BCUT2D eigenvalue weighted by Gasteiger charge is 2.28. The van der Waals surface area contributed by atoms with Crippen molar-refractivity contribution in [2.24, 2.45) is 5.92 Å². The van der Waals surface area contributed by atoms with E-state index in [9.17, 15) is 8.42 Å². The Morgan fingerprint density at radius 2 is 1.88 bits per heavy atom. The maximum Gasteiger partial charge on any atom is 0.243 e. The minimum atomic E-state index is -3.28. The van der Waals surface area contributed by atoms with Gasteiger partial charge in [-0.05, 0) is 37.8 Å². The summed E-state index contributed by atoms with van der Waals surface area (Å²) < 4.78 is 26.4. The standard InChI is InChI=1S/C13H19NO2S/c1-11-5-7-13(8-6-11)17(15,16)14-9-3-4-12(2)10-14/h5-8,12H,3-4,9-10H2,1-2H3. The highest BCUT2D eigenvalue weighted by Crippen LogP contribution is 2.23. The van der Waals surface area contributed by atoms with Crippen LogP contribution >= 0.6 is 0 Å². The molecule has 0 bridgehead atoms. The molecule has 4 heteroatoms. The fourth-order valence-electron chi connectivity index (χ4n) is 2.22. The second-order valence-electron chi connectivity index (χ2n) is 4.92. The number of benzene rings is 1. The van der Waals surface area contributed by atoms with Crippen LogP contribution in [0.15, 0.2) is 29.2 Å². The molecule has 1 aliphatic heterocycles. The molecule has 1 aromatic rings. The van der Waals surface area contributed by atoms with Gasteiger partial charge in [0, 0.05) is 13.1 Å². The third-order valence-electron chi connectivity index (χ3n) is 3.28. The van der Waals surface area contributed by atoms with Gasteiger partial charge in [-0.2, -0.15) is 4.31 Å². The van der Waals surface area contributed by atoms with Crippen molar-refractivity contribution in [3.05, 3.63) is 29.8 Å². The Bertz CT molecular complexity index is 479. The Kier molecular flexibility index (Phi) is 3.54. The van der Waals surface area contributed by atoms with Crippen LogP contribution in [-0.2, 0) is 10.0 Å². The number of hydrogen-bond acceptors (Lipinski definition) is 2. The van der Waals surface area contributed by atoms with Gasteiger partial charge in [0.1, 0.15) is 0 Å².